The van der Waals surface area contributed by atoms with Crippen molar-refractivity contribution in [2.75, 3.05) is 5.73 Å². The van der Waals surface area contributed by atoms with Crippen LogP contribution >= 0.6 is 0 Å². The number of carbonyl (C=O) groups is 1. The topological polar surface area (TPSA) is 90.0 Å². The average Bonchev–Trinajstić information content (AvgIpc) is 2.68. The number of hydrogen-bond donors (Lipinski definition) is 2. The van der Waals surface area contributed by atoms with Crippen LogP contribution in [0.4, 0.5) is 23.2 Å². The number of nitrogens with one attached hydrogen (secondary N) is 1. The number of nitrogen functional groups attached to an aromatic ring is 1. The molecule has 0 aliphatic rings. The van der Waals surface area contributed by atoms with Crippen molar-refractivity contribution in [1.29, 1.82) is 0 Å². The van der Waals surface area contributed by atoms with Crippen LogP contribution in [0, 0.1) is 5.82 Å². The maximum atomic E-state index is 13.1. The van der Waals surface area contributed by atoms with E-state index in [0.717, 1.165) is 35.0 Å². The molecule has 2 aromatic carbocycles. The molecule has 1 aromatic heterocycles. The Hall–Kier alpha value is -3.69. The Balaban J connectivity index is 1.86. The number of nitrogens with zero attached hydrogens (tertiary/aromatic N) is 2. The van der Waals surface area contributed by atoms with Crippen molar-refractivity contribution in [2.24, 2.45) is 0 Å². The Morgan fingerprint density at radius 1 is 1.10 bits per heavy atom. The van der Waals surface area contributed by atoms with E-state index in [2.05, 4.69) is 10.4 Å². The van der Waals surface area contributed by atoms with Crippen LogP contribution in [-0.2, 0) is 6.18 Å². The van der Waals surface area contributed by atoms with E-state index in [1.807, 2.05) is 0 Å². The molecule has 0 aliphatic heterocycles. The summed E-state index contributed by atoms with van der Waals surface area (Å²) in [5.41, 5.74) is 4.24. The fourth-order valence-corrected chi connectivity index (χ4v) is 2.74. The zero-order valence-corrected chi connectivity index (χ0v) is 15.6. The number of amides is 1. The first-order valence-corrected chi connectivity index (χ1v) is 8.69. The van der Waals surface area contributed by atoms with E-state index in [1.54, 1.807) is 0 Å². The van der Waals surface area contributed by atoms with Crippen molar-refractivity contribution in [1.82, 2.24) is 15.1 Å². The second-order valence-corrected chi connectivity index (χ2v) is 6.53. The number of hydrogen-bond acceptors (Lipinski definition) is 4. The lowest BCUT2D eigenvalue weighted by atomic mass is 10.0. The van der Waals surface area contributed by atoms with Gasteiger partial charge in [-0.2, -0.15) is 23.0 Å². The van der Waals surface area contributed by atoms with Crippen LogP contribution < -0.4 is 16.6 Å². The molecular formula is C20H16F4N4O2. The highest BCUT2D eigenvalue weighted by Crippen LogP contribution is 2.32. The highest BCUT2D eigenvalue weighted by Gasteiger charge is 2.31. The molecule has 0 spiro atoms. The lowest BCUT2D eigenvalue weighted by molar-refractivity contribution is -0.137. The van der Waals surface area contributed by atoms with Gasteiger partial charge >= 0.3 is 6.18 Å². The fourth-order valence-electron chi connectivity index (χ4n) is 2.74. The number of benzene rings is 2. The van der Waals surface area contributed by atoms with Gasteiger partial charge in [0, 0.05) is 11.8 Å². The molecule has 3 aromatic rings. The van der Waals surface area contributed by atoms with Crippen LogP contribution in [0.15, 0.2) is 59.4 Å². The minimum absolute atomic E-state index is 0.0936. The van der Waals surface area contributed by atoms with Crippen molar-refractivity contribution in [3.8, 4) is 5.69 Å². The Labute approximate surface area is 167 Å². The van der Waals surface area contributed by atoms with Crippen LogP contribution in [-0.4, -0.2) is 15.7 Å². The van der Waals surface area contributed by atoms with E-state index >= 15 is 0 Å². The van der Waals surface area contributed by atoms with Gasteiger partial charge in [-0.05, 0) is 61.0 Å². The van der Waals surface area contributed by atoms with Crippen LogP contribution in [0.3, 0.4) is 0 Å². The van der Waals surface area contributed by atoms with Gasteiger partial charge in [0.25, 0.3) is 11.5 Å². The molecule has 1 atom stereocenters. The van der Waals surface area contributed by atoms with Crippen molar-refractivity contribution in [3.63, 3.8) is 0 Å². The molecule has 10 heteroatoms. The fraction of sp³-hybridized carbons (Fsp3) is 0.150. The quantitative estimate of drug-likeness (QED) is 0.500. The first kappa shape index (κ1) is 21.0. The van der Waals surface area contributed by atoms with Gasteiger partial charge in [0.05, 0.1) is 17.3 Å². The predicted octanol–water partition coefficient (Wildman–Crippen LogP) is 3.46. The van der Waals surface area contributed by atoms with E-state index in [4.69, 9.17) is 5.73 Å². The highest BCUT2D eigenvalue weighted by molar-refractivity contribution is 5.92. The second-order valence-electron chi connectivity index (χ2n) is 6.53. The Bertz CT molecular complexity index is 1140. The number of carbonyl (C=O) groups excluding carboxylic acids is 1. The molecule has 156 valence electrons. The number of alkyl halides is 3. The third-order valence-corrected chi connectivity index (χ3v) is 4.26. The predicted molar refractivity (Wildman–Crippen MR) is 102 cm³/mol. The Morgan fingerprint density at radius 3 is 2.40 bits per heavy atom. The molecule has 0 bridgehead atoms. The van der Waals surface area contributed by atoms with Gasteiger partial charge in [-0.25, -0.2) is 4.39 Å². The molecule has 3 N–H and O–H groups in total. The summed E-state index contributed by atoms with van der Waals surface area (Å²) in [6, 6.07) is 9.41. The van der Waals surface area contributed by atoms with Gasteiger partial charge < -0.3 is 11.1 Å². The van der Waals surface area contributed by atoms with Crippen molar-refractivity contribution < 1.29 is 22.4 Å². The number of aromatic nitrogens is 2. The number of rotatable bonds is 4. The van der Waals surface area contributed by atoms with Crippen molar-refractivity contribution >= 4 is 11.6 Å². The number of nitrogens with two attached hydrogens (primary N) is 1. The van der Waals surface area contributed by atoms with Crippen molar-refractivity contribution in [3.05, 3.63) is 87.6 Å². The molecule has 0 unspecified atom stereocenters. The number of halogens is 4. The van der Waals surface area contributed by atoms with Gasteiger partial charge in [0.2, 0.25) is 0 Å². The number of anilines is 1. The molecule has 0 aliphatic carbocycles. The average molecular weight is 420 g/mol. The minimum atomic E-state index is -4.58. The summed E-state index contributed by atoms with van der Waals surface area (Å²) in [7, 11) is 0. The van der Waals surface area contributed by atoms with Gasteiger partial charge in [0.15, 0.2) is 0 Å². The zero-order valence-electron chi connectivity index (χ0n) is 15.6. The normalized spacial score (nSPS) is 12.4. The molecule has 6 nitrogen and oxygen atoms in total. The van der Waals surface area contributed by atoms with Crippen LogP contribution in [0.1, 0.15) is 34.6 Å². The van der Waals surface area contributed by atoms with Gasteiger partial charge in [-0.1, -0.05) is 0 Å². The SMILES string of the molecule is C[C@@H](NC(=O)c1ccc(=O)n(-c2ccc(F)cc2)n1)c1cc(N)cc(C(F)(F)F)c1. The molecule has 0 saturated heterocycles. The molecule has 30 heavy (non-hydrogen) atoms. The lowest BCUT2D eigenvalue weighted by Gasteiger charge is -2.17. The molecule has 1 heterocycles. The van der Waals surface area contributed by atoms with E-state index in [-0.39, 0.29) is 22.6 Å². The molecule has 1 amide bonds. The van der Waals surface area contributed by atoms with E-state index < -0.39 is 35.1 Å². The van der Waals surface area contributed by atoms with Crippen LogP contribution in [0.5, 0.6) is 0 Å². The Morgan fingerprint density at radius 2 is 1.77 bits per heavy atom. The van der Waals surface area contributed by atoms with Crippen LogP contribution in [0.2, 0.25) is 0 Å². The minimum Gasteiger partial charge on any atom is -0.399 e. The third kappa shape index (κ3) is 4.65. The van der Waals surface area contributed by atoms with Crippen molar-refractivity contribution in [2.45, 2.75) is 19.1 Å². The smallest absolute Gasteiger partial charge is 0.399 e. The maximum Gasteiger partial charge on any atom is 0.416 e. The summed E-state index contributed by atoms with van der Waals surface area (Å²) in [6.07, 6.45) is -4.58. The third-order valence-electron chi connectivity index (χ3n) is 4.26. The summed E-state index contributed by atoms with van der Waals surface area (Å²) >= 11 is 0. The van der Waals surface area contributed by atoms with E-state index in [1.165, 1.54) is 31.2 Å². The molecule has 0 fully saturated rings. The van der Waals surface area contributed by atoms with E-state index in [0.29, 0.717) is 0 Å². The van der Waals surface area contributed by atoms with Gasteiger partial charge in [-0.3, -0.25) is 9.59 Å². The first-order chi connectivity index (χ1) is 14.0. The van der Waals surface area contributed by atoms with Gasteiger partial charge in [0.1, 0.15) is 11.5 Å². The van der Waals surface area contributed by atoms with Crippen LogP contribution in [0.25, 0.3) is 5.69 Å². The summed E-state index contributed by atoms with van der Waals surface area (Å²) in [5.74, 6) is -1.22. The summed E-state index contributed by atoms with van der Waals surface area (Å²) in [6.45, 7) is 1.49. The lowest BCUT2D eigenvalue weighted by Crippen LogP contribution is -2.30. The zero-order chi connectivity index (χ0) is 22.1. The van der Waals surface area contributed by atoms with E-state index in [9.17, 15) is 27.2 Å². The largest absolute Gasteiger partial charge is 0.416 e. The summed E-state index contributed by atoms with van der Waals surface area (Å²) in [4.78, 5) is 24.6. The summed E-state index contributed by atoms with van der Waals surface area (Å²) in [5, 5.41) is 6.48. The highest BCUT2D eigenvalue weighted by atomic mass is 19.4. The Kier molecular flexibility index (Phi) is 5.59. The summed E-state index contributed by atoms with van der Waals surface area (Å²) < 4.78 is 53.0. The second kappa shape index (κ2) is 7.97. The maximum absolute atomic E-state index is 13.1. The molecule has 0 saturated carbocycles. The first-order valence-electron chi connectivity index (χ1n) is 8.69. The molecule has 0 radical (unpaired) electrons. The van der Waals surface area contributed by atoms with Gasteiger partial charge in [-0.15, -0.1) is 0 Å². The standard InChI is InChI=1S/C20H16F4N4O2/c1-11(12-8-13(20(22,23)24)10-15(25)9-12)26-19(30)17-6-7-18(29)28(27-17)16-4-2-14(21)3-5-16/h2-11H,25H2,1H3,(H,26,30)/t11-/m1/s1. The molecule has 3 rings (SSSR count). The monoisotopic (exact) mass is 420 g/mol. The molecular weight excluding hydrogens is 404 g/mol.